The van der Waals surface area contributed by atoms with Crippen LogP contribution in [0.5, 0.6) is 0 Å². The van der Waals surface area contributed by atoms with Crippen molar-refractivity contribution in [3.05, 3.63) is 39.3 Å². The topological polar surface area (TPSA) is 58.1 Å². The van der Waals surface area contributed by atoms with Crippen LogP contribution in [0.25, 0.3) is 0 Å². The summed E-state index contributed by atoms with van der Waals surface area (Å²) in [4.78, 5) is 22.4. The molecule has 1 N–H and O–H groups in total. The number of nitrogens with zero attached hydrogens (tertiary/aromatic N) is 3. The second-order valence-corrected chi connectivity index (χ2v) is 6.22. The van der Waals surface area contributed by atoms with E-state index in [1.165, 1.54) is 6.20 Å². The highest BCUT2D eigenvalue weighted by Crippen LogP contribution is 2.37. The van der Waals surface area contributed by atoms with Crippen LogP contribution in [0, 0.1) is 3.57 Å². The van der Waals surface area contributed by atoms with Gasteiger partial charge >= 0.3 is 0 Å². The molecule has 0 fully saturated rings. The van der Waals surface area contributed by atoms with Crippen molar-refractivity contribution in [1.82, 2.24) is 9.97 Å². The van der Waals surface area contributed by atoms with Crippen LogP contribution in [0.2, 0.25) is 5.28 Å². The predicted octanol–water partition coefficient (Wildman–Crippen LogP) is 3.60. The number of amides is 1. The zero-order chi connectivity index (χ0) is 15.0. The van der Waals surface area contributed by atoms with E-state index >= 15 is 0 Å². The van der Waals surface area contributed by atoms with E-state index < -0.39 is 0 Å². The number of anilines is 3. The molecule has 0 spiro atoms. The second-order valence-electron chi connectivity index (χ2n) is 4.64. The number of hydrogen-bond acceptors (Lipinski definition) is 4. The summed E-state index contributed by atoms with van der Waals surface area (Å²) in [7, 11) is 0. The molecule has 0 radical (unpaired) electrons. The van der Waals surface area contributed by atoms with Gasteiger partial charge in [0.1, 0.15) is 11.7 Å². The van der Waals surface area contributed by atoms with Crippen LogP contribution in [0.3, 0.4) is 0 Å². The van der Waals surface area contributed by atoms with Crippen molar-refractivity contribution in [3.8, 4) is 0 Å². The van der Waals surface area contributed by atoms with Gasteiger partial charge in [-0.05, 0) is 64.9 Å². The largest absolute Gasteiger partial charge is 0.320 e. The SMILES string of the molecule is CCC1C(=O)Nc2cnc(Cl)nc2N1c1ccc(I)cc1. The lowest BCUT2D eigenvalue weighted by Gasteiger charge is -2.36. The fourth-order valence-corrected chi connectivity index (χ4v) is 2.87. The molecule has 1 aromatic heterocycles. The summed E-state index contributed by atoms with van der Waals surface area (Å²) in [6, 6.07) is 7.63. The van der Waals surface area contributed by atoms with E-state index in [1.54, 1.807) is 0 Å². The molecule has 21 heavy (non-hydrogen) atoms. The Morgan fingerprint density at radius 2 is 2.10 bits per heavy atom. The van der Waals surface area contributed by atoms with Crippen molar-refractivity contribution in [2.75, 3.05) is 10.2 Å². The minimum Gasteiger partial charge on any atom is -0.320 e. The van der Waals surface area contributed by atoms with E-state index in [9.17, 15) is 4.79 Å². The first-order valence-corrected chi connectivity index (χ1v) is 7.94. The smallest absolute Gasteiger partial charge is 0.247 e. The molecule has 108 valence electrons. The number of halogens is 2. The standard InChI is InChI=1S/C14H12ClIN4O/c1-2-11-13(21)18-10-7-17-14(15)19-12(10)20(11)9-5-3-8(16)4-6-9/h3-7,11H,2H2,1H3,(H,18,21). The number of benzene rings is 1. The van der Waals surface area contributed by atoms with E-state index in [4.69, 9.17) is 11.6 Å². The number of rotatable bonds is 2. The van der Waals surface area contributed by atoms with Crippen LogP contribution in [0.4, 0.5) is 17.2 Å². The van der Waals surface area contributed by atoms with Crippen molar-refractivity contribution < 1.29 is 4.79 Å². The summed E-state index contributed by atoms with van der Waals surface area (Å²) in [5, 5.41) is 3.00. The maximum atomic E-state index is 12.3. The molecule has 7 heteroatoms. The summed E-state index contributed by atoms with van der Waals surface area (Å²) < 4.78 is 1.13. The first kappa shape index (κ1) is 14.5. The van der Waals surface area contributed by atoms with Gasteiger partial charge in [-0.15, -0.1) is 0 Å². The Morgan fingerprint density at radius 1 is 1.38 bits per heavy atom. The number of fused-ring (bicyclic) bond motifs is 1. The van der Waals surface area contributed by atoms with Gasteiger partial charge in [0.15, 0.2) is 5.82 Å². The lowest BCUT2D eigenvalue weighted by Crippen LogP contribution is -2.45. The molecule has 1 amide bonds. The molecule has 0 saturated heterocycles. The molecule has 2 aromatic rings. The van der Waals surface area contributed by atoms with Gasteiger partial charge in [0.25, 0.3) is 0 Å². The van der Waals surface area contributed by atoms with E-state index in [0.29, 0.717) is 17.9 Å². The van der Waals surface area contributed by atoms with Crippen molar-refractivity contribution in [2.24, 2.45) is 0 Å². The molecule has 2 heterocycles. The van der Waals surface area contributed by atoms with Crippen molar-refractivity contribution in [3.63, 3.8) is 0 Å². The number of nitrogens with one attached hydrogen (secondary N) is 1. The molecule has 1 aliphatic rings. The molecule has 1 unspecified atom stereocenters. The zero-order valence-electron chi connectivity index (χ0n) is 11.2. The average molecular weight is 415 g/mol. The fraction of sp³-hybridized carbons (Fsp3) is 0.214. The van der Waals surface area contributed by atoms with Crippen molar-refractivity contribution in [2.45, 2.75) is 19.4 Å². The minimum absolute atomic E-state index is 0.0607. The average Bonchev–Trinajstić information content (AvgIpc) is 2.47. The highest BCUT2D eigenvalue weighted by Gasteiger charge is 2.34. The molecule has 1 aromatic carbocycles. The Labute approximate surface area is 140 Å². The van der Waals surface area contributed by atoms with E-state index in [-0.39, 0.29) is 17.2 Å². The van der Waals surface area contributed by atoms with Gasteiger partial charge in [0, 0.05) is 9.26 Å². The van der Waals surface area contributed by atoms with Gasteiger partial charge < -0.3 is 10.2 Å². The third-order valence-corrected chi connectivity index (χ3v) is 4.23. The number of aromatic nitrogens is 2. The van der Waals surface area contributed by atoms with Crippen LogP contribution in [0.15, 0.2) is 30.5 Å². The number of carbonyl (C=O) groups excluding carboxylic acids is 1. The Bertz CT molecular complexity index is 692. The van der Waals surface area contributed by atoms with Gasteiger partial charge in [-0.2, -0.15) is 4.98 Å². The van der Waals surface area contributed by atoms with Gasteiger partial charge in [-0.1, -0.05) is 6.92 Å². The van der Waals surface area contributed by atoms with Crippen LogP contribution < -0.4 is 10.2 Å². The van der Waals surface area contributed by atoms with Crippen LogP contribution in [0.1, 0.15) is 13.3 Å². The monoisotopic (exact) mass is 414 g/mol. The molecule has 0 bridgehead atoms. The lowest BCUT2D eigenvalue weighted by molar-refractivity contribution is -0.117. The summed E-state index contributed by atoms with van der Waals surface area (Å²) in [5.41, 5.74) is 1.49. The highest BCUT2D eigenvalue weighted by atomic mass is 127. The molecule has 5 nitrogen and oxygen atoms in total. The maximum absolute atomic E-state index is 12.3. The Kier molecular flexibility index (Phi) is 3.99. The van der Waals surface area contributed by atoms with E-state index in [1.807, 2.05) is 36.1 Å². The second kappa shape index (κ2) is 5.76. The van der Waals surface area contributed by atoms with E-state index in [2.05, 4.69) is 37.9 Å². The van der Waals surface area contributed by atoms with Crippen molar-refractivity contribution >= 4 is 57.3 Å². The first-order chi connectivity index (χ1) is 10.1. The summed E-state index contributed by atoms with van der Waals surface area (Å²) in [6.07, 6.45) is 2.20. The van der Waals surface area contributed by atoms with Crippen LogP contribution in [-0.2, 0) is 4.79 Å². The van der Waals surface area contributed by atoms with E-state index in [0.717, 1.165) is 9.26 Å². The van der Waals surface area contributed by atoms with Crippen LogP contribution in [-0.4, -0.2) is 21.9 Å². The third kappa shape index (κ3) is 2.69. The number of hydrogen-bond donors (Lipinski definition) is 1. The minimum atomic E-state index is -0.316. The van der Waals surface area contributed by atoms with Crippen molar-refractivity contribution in [1.29, 1.82) is 0 Å². The van der Waals surface area contributed by atoms with Gasteiger partial charge in [-0.25, -0.2) is 4.98 Å². The molecule has 3 rings (SSSR count). The molecular weight excluding hydrogens is 403 g/mol. The highest BCUT2D eigenvalue weighted by molar-refractivity contribution is 14.1. The fourth-order valence-electron chi connectivity index (χ4n) is 2.38. The summed E-state index contributed by atoms with van der Waals surface area (Å²) in [6.45, 7) is 1.97. The molecule has 1 atom stereocenters. The van der Waals surface area contributed by atoms with Crippen LogP contribution >= 0.6 is 34.2 Å². The number of carbonyl (C=O) groups is 1. The molecule has 1 aliphatic heterocycles. The molecular formula is C14H12ClIN4O. The van der Waals surface area contributed by atoms with Gasteiger partial charge in [0.05, 0.1) is 6.20 Å². The van der Waals surface area contributed by atoms with Gasteiger partial charge in [-0.3, -0.25) is 4.79 Å². The summed E-state index contributed by atoms with van der Waals surface area (Å²) in [5.74, 6) is 0.567. The van der Waals surface area contributed by atoms with Gasteiger partial charge in [0.2, 0.25) is 11.2 Å². The predicted molar refractivity (Wildman–Crippen MR) is 91.0 cm³/mol. The zero-order valence-corrected chi connectivity index (χ0v) is 14.1. The first-order valence-electron chi connectivity index (χ1n) is 6.48. The molecule has 0 aliphatic carbocycles. The quantitative estimate of drug-likeness (QED) is 0.602. The Balaban J connectivity index is 2.16. The third-order valence-electron chi connectivity index (χ3n) is 3.33. The normalized spacial score (nSPS) is 17.4. The Hall–Kier alpha value is -1.41. The summed E-state index contributed by atoms with van der Waals surface area (Å²) >= 11 is 8.17. The molecule has 0 saturated carbocycles. The Morgan fingerprint density at radius 3 is 2.76 bits per heavy atom. The lowest BCUT2D eigenvalue weighted by atomic mass is 10.1. The maximum Gasteiger partial charge on any atom is 0.247 e.